The summed E-state index contributed by atoms with van der Waals surface area (Å²) in [5, 5.41) is 13.4. The van der Waals surface area contributed by atoms with Gasteiger partial charge in [-0.3, -0.25) is 24.7 Å². The highest BCUT2D eigenvalue weighted by Crippen LogP contribution is 2.42. The Bertz CT molecular complexity index is 1280. The van der Waals surface area contributed by atoms with Gasteiger partial charge >= 0.3 is 0 Å². The first-order chi connectivity index (χ1) is 17.9. The van der Waals surface area contributed by atoms with E-state index in [9.17, 15) is 14.8 Å². The Morgan fingerprint density at radius 2 is 1.81 bits per heavy atom. The fraction of sp³-hybridized carbons (Fsp3) is 0.414. The Morgan fingerprint density at radius 1 is 1.11 bits per heavy atom. The van der Waals surface area contributed by atoms with Crippen LogP contribution in [0.15, 0.2) is 54.6 Å². The first-order valence-corrected chi connectivity index (χ1v) is 13.0. The minimum absolute atomic E-state index is 0.0558. The van der Waals surface area contributed by atoms with Crippen molar-refractivity contribution in [2.45, 2.75) is 70.2 Å². The van der Waals surface area contributed by atoms with E-state index in [4.69, 9.17) is 4.74 Å². The van der Waals surface area contributed by atoms with Crippen molar-refractivity contribution in [2.75, 3.05) is 6.54 Å². The number of nitrogens with one attached hydrogen (secondary N) is 2. The number of aryl methyl sites for hydroxylation is 1. The number of hydrogen-bond donors (Lipinski definition) is 3. The summed E-state index contributed by atoms with van der Waals surface area (Å²) < 4.78 is 6.04. The van der Waals surface area contributed by atoms with Crippen LogP contribution in [0.5, 0.6) is 5.75 Å². The summed E-state index contributed by atoms with van der Waals surface area (Å²) in [5.74, 6) is -0.0385. The van der Waals surface area contributed by atoms with Crippen molar-refractivity contribution in [1.82, 2.24) is 20.7 Å². The molecule has 37 heavy (non-hydrogen) atoms. The number of hydroxylamine groups is 1. The number of nitrogens with zero attached hydrogens (tertiary/aromatic N) is 2. The number of benzene rings is 2. The third-order valence-corrected chi connectivity index (χ3v) is 7.83. The van der Waals surface area contributed by atoms with E-state index >= 15 is 0 Å². The predicted octanol–water partition coefficient (Wildman–Crippen LogP) is 4.13. The molecule has 2 amide bonds. The molecule has 5 rings (SSSR count). The molecule has 0 radical (unpaired) electrons. The number of amides is 2. The zero-order valence-electron chi connectivity index (χ0n) is 21.4. The number of pyridine rings is 1. The normalized spacial score (nSPS) is 23.1. The highest BCUT2D eigenvalue weighted by molar-refractivity contribution is 5.95. The summed E-state index contributed by atoms with van der Waals surface area (Å²) in [6.45, 7) is 5.48. The molecule has 1 aromatic heterocycles. The van der Waals surface area contributed by atoms with Crippen molar-refractivity contribution in [3.63, 3.8) is 0 Å². The van der Waals surface area contributed by atoms with Crippen LogP contribution in [-0.4, -0.2) is 51.1 Å². The monoisotopic (exact) mass is 502 g/mol. The van der Waals surface area contributed by atoms with Gasteiger partial charge < -0.3 is 10.1 Å². The summed E-state index contributed by atoms with van der Waals surface area (Å²) in [6, 6.07) is 17.8. The average molecular weight is 503 g/mol. The molecule has 2 saturated heterocycles. The maximum Gasteiger partial charge on any atom is 0.251 e. The molecule has 0 saturated carbocycles. The molecular weight excluding hydrogens is 468 g/mol. The Balaban J connectivity index is 1.28. The second-order valence-electron chi connectivity index (χ2n) is 10.3. The summed E-state index contributed by atoms with van der Waals surface area (Å²) in [5.41, 5.74) is 4.51. The van der Waals surface area contributed by atoms with Gasteiger partial charge in [0.15, 0.2) is 0 Å². The van der Waals surface area contributed by atoms with Gasteiger partial charge in [0, 0.05) is 34.3 Å². The van der Waals surface area contributed by atoms with Gasteiger partial charge in [-0.1, -0.05) is 25.1 Å². The molecule has 2 atom stereocenters. The minimum Gasteiger partial charge on any atom is -0.489 e. The molecule has 8 nitrogen and oxygen atoms in total. The van der Waals surface area contributed by atoms with Gasteiger partial charge in [0.05, 0.1) is 17.5 Å². The average Bonchev–Trinajstić information content (AvgIpc) is 3.17. The second-order valence-corrected chi connectivity index (χ2v) is 10.3. The van der Waals surface area contributed by atoms with Crippen LogP contribution >= 0.6 is 0 Å². The van der Waals surface area contributed by atoms with E-state index in [1.54, 1.807) is 29.7 Å². The first-order valence-electron chi connectivity index (χ1n) is 13.0. The molecule has 2 aliphatic heterocycles. The summed E-state index contributed by atoms with van der Waals surface area (Å²) >= 11 is 0. The molecule has 3 aromatic rings. The van der Waals surface area contributed by atoms with Crippen LogP contribution in [0.3, 0.4) is 0 Å². The lowest BCUT2D eigenvalue weighted by Gasteiger charge is -2.46. The lowest BCUT2D eigenvalue weighted by atomic mass is 9.79. The van der Waals surface area contributed by atoms with Crippen molar-refractivity contribution < 1.29 is 19.5 Å². The molecule has 2 fully saturated rings. The van der Waals surface area contributed by atoms with Gasteiger partial charge in [0.1, 0.15) is 12.4 Å². The van der Waals surface area contributed by atoms with Crippen LogP contribution in [0.1, 0.15) is 60.6 Å². The maximum absolute atomic E-state index is 13.3. The van der Waals surface area contributed by atoms with E-state index in [0.29, 0.717) is 42.8 Å². The molecule has 2 unspecified atom stereocenters. The fourth-order valence-electron chi connectivity index (χ4n) is 6.28. The topological polar surface area (TPSA) is 104 Å². The summed E-state index contributed by atoms with van der Waals surface area (Å²) in [7, 11) is 0. The summed E-state index contributed by atoms with van der Waals surface area (Å²) in [4.78, 5) is 32.5. The second kappa shape index (κ2) is 10.5. The molecule has 8 heteroatoms. The molecule has 194 valence electrons. The lowest BCUT2D eigenvalue weighted by molar-refractivity contribution is -0.131. The first kappa shape index (κ1) is 25.2. The van der Waals surface area contributed by atoms with E-state index in [2.05, 4.69) is 22.1 Å². The zero-order chi connectivity index (χ0) is 26.0. The SMILES string of the molecule is CCN1C2CCC1CC(CC(=O)NO)(NC(=O)c1ccc(OCc3cc(C)nc4ccccc34)cc1)C2. The molecule has 3 heterocycles. The van der Waals surface area contributed by atoms with Crippen molar-refractivity contribution >= 4 is 22.7 Å². The molecule has 0 aliphatic carbocycles. The van der Waals surface area contributed by atoms with Crippen molar-refractivity contribution in [2.24, 2.45) is 0 Å². The number of carbonyl (C=O) groups excluding carboxylic acids is 2. The molecular formula is C29H34N4O4. The number of rotatable bonds is 8. The summed E-state index contributed by atoms with van der Waals surface area (Å²) in [6.07, 6.45) is 3.57. The minimum atomic E-state index is -0.684. The number of carbonyl (C=O) groups is 2. The zero-order valence-corrected chi connectivity index (χ0v) is 21.4. The number of piperidine rings is 1. The van der Waals surface area contributed by atoms with E-state index in [-0.39, 0.29) is 12.3 Å². The van der Waals surface area contributed by atoms with Gasteiger partial charge in [0.2, 0.25) is 5.91 Å². The lowest BCUT2D eigenvalue weighted by Crippen LogP contribution is -2.60. The van der Waals surface area contributed by atoms with E-state index < -0.39 is 11.4 Å². The highest BCUT2D eigenvalue weighted by atomic mass is 16.5. The third-order valence-electron chi connectivity index (χ3n) is 7.83. The highest BCUT2D eigenvalue weighted by Gasteiger charge is 2.49. The molecule has 2 aromatic carbocycles. The van der Waals surface area contributed by atoms with Gasteiger partial charge in [-0.25, -0.2) is 5.48 Å². The number of fused-ring (bicyclic) bond motifs is 3. The van der Waals surface area contributed by atoms with Gasteiger partial charge in [-0.15, -0.1) is 0 Å². The Kier molecular flexibility index (Phi) is 7.13. The Labute approximate surface area is 217 Å². The number of hydrogen-bond acceptors (Lipinski definition) is 6. The molecule has 0 spiro atoms. The predicted molar refractivity (Wildman–Crippen MR) is 140 cm³/mol. The van der Waals surface area contributed by atoms with Gasteiger partial charge in [-0.05, 0) is 75.5 Å². The van der Waals surface area contributed by atoms with Crippen LogP contribution in [0.2, 0.25) is 0 Å². The maximum atomic E-state index is 13.3. The molecule has 2 aliphatic rings. The third kappa shape index (κ3) is 5.31. The fourth-order valence-corrected chi connectivity index (χ4v) is 6.28. The number of para-hydroxylation sites is 1. The Hall–Kier alpha value is -3.49. The van der Waals surface area contributed by atoms with E-state index in [1.807, 2.05) is 37.3 Å². The van der Waals surface area contributed by atoms with Gasteiger partial charge in [-0.2, -0.15) is 0 Å². The van der Waals surface area contributed by atoms with Crippen LogP contribution in [0, 0.1) is 6.92 Å². The van der Waals surface area contributed by atoms with E-state index in [0.717, 1.165) is 41.5 Å². The van der Waals surface area contributed by atoms with Crippen LogP contribution < -0.4 is 15.5 Å². The number of aromatic nitrogens is 1. The Morgan fingerprint density at radius 3 is 2.49 bits per heavy atom. The quantitative estimate of drug-likeness (QED) is 0.316. The van der Waals surface area contributed by atoms with Crippen molar-refractivity contribution in [3.8, 4) is 5.75 Å². The number of ether oxygens (including phenoxy) is 1. The van der Waals surface area contributed by atoms with Crippen LogP contribution in [0.25, 0.3) is 10.9 Å². The van der Waals surface area contributed by atoms with Crippen molar-refractivity contribution in [3.05, 3.63) is 71.4 Å². The van der Waals surface area contributed by atoms with Crippen LogP contribution in [-0.2, 0) is 11.4 Å². The molecule has 3 N–H and O–H groups in total. The molecule has 2 bridgehead atoms. The van der Waals surface area contributed by atoms with Crippen molar-refractivity contribution in [1.29, 1.82) is 0 Å². The smallest absolute Gasteiger partial charge is 0.251 e. The van der Waals surface area contributed by atoms with E-state index in [1.165, 1.54) is 0 Å². The van der Waals surface area contributed by atoms with Crippen LogP contribution in [0.4, 0.5) is 0 Å². The van der Waals surface area contributed by atoms with Gasteiger partial charge in [0.25, 0.3) is 5.91 Å². The largest absolute Gasteiger partial charge is 0.489 e. The standard InChI is InChI=1S/C29H34N4O4/c1-3-33-22-10-11-23(33)16-29(15-22,17-27(34)32-36)31-28(35)20-8-12-24(13-9-20)37-18-21-14-19(2)30-26-7-5-4-6-25(21)26/h4-9,12-14,22-23,36H,3,10-11,15-18H2,1-2H3,(H,31,35)(H,32,34).